The van der Waals surface area contributed by atoms with E-state index in [1.807, 2.05) is 26.2 Å². The molecule has 2 N–H and O–H groups in total. The van der Waals surface area contributed by atoms with E-state index in [1.165, 1.54) is 6.08 Å². The molecule has 0 radical (unpaired) electrons. The third-order valence-electron chi connectivity index (χ3n) is 2.55. The highest BCUT2D eigenvalue weighted by Crippen LogP contribution is 2.09. The molecule has 0 spiro atoms. The normalized spacial score (nSPS) is 13.2. The van der Waals surface area contributed by atoms with Crippen LogP contribution < -0.4 is 5.32 Å². The molecule has 0 aliphatic rings. The Morgan fingerprint density at radius 1 is 1.61 bits per heavy atom. The maximum atomic E-state index is 11.5. The van der Waals surface area contributed by atoms with Crippen molar-refractivity contribution in [1.82, 2.24) is 10.3 Å². The number of rotatable bonds is 6. The number of nitrogens with zero attached hydrogens (tertiary/aromatic N) is 1. The molecule has 1 atom stereocenters. The van der Waals surface area contributed by atoms with Crippen molar-refractivity contribution in [2.45, 2.75) is 33.3 Å². The molecule has 0 fully saturated rings. The molecule has 0 bridgehead atoms. The first-order chi connectivity index (χ1) is 8.49. The first-order valence-electron chi connectivity index (χ1n) is 6.05. The first kappa shape index (κ1) is 14.9. The van der Waals surface area contributed by atoms with Crippen molar-refractivity contribution in [1.29, 1.82) is 0 Å². The van der Waals surface area contributed by atoms with E-state index in [2.05, 4.69) is 10.3 Å². The third-order valence-corrected chi connectivity index (χ3v) is 3.34. The molecule has 0 saturated heterocycles. The Kier molecular flexibility index (Phi) is 6.01. The van der Waals surface area contributed by atoms with Crippen LogP contribution >= 0.6 is 11.3 Å². The van der Waals surface area contributed by atoms with Gasteiger partial charge in [0.05, 0.1) is 16.8 Å². The zero-order chi connectivity index (χ0) is 13.5. The summed E-state index contributed by atoms with van der Waals surface area (Å²) < 4.78 is 0. The second kappa shape index (κ2) is 7.28. The van der Waals surface area contributed by atoms with Crippen LogP contribution in [0.2, 0.25) is 0 Å². The van der Waals surface area contributed by atoms with E-state index >= 15 is 0 Å². The molecule has 0 aliphatic heterocycles. The molecule has 0 saturated carbocycles. The lowest BCUT2D eigenvalue weighted by molar-refractivity contribution is -0.116. The number of aliphatic hydroxyl groups excluding tert-OH is 1. The first-order valence-corrected chi connectivity index (χ1v) is 6.93. The highest BCUT2D eigenvalue weighted by atomic mass is 32.1. The molecule has 1 heterocycles. The summed E-state index contributed by atoms with van der Waals surface area (Å²) in [6.07, 6.45) is 3.37. The van der Waals surface area contributed by atoms with Gasteiger partial charge in [0.25, 0.3) is 0 Å². The predicted octanol–water partition coefficient (Wildman–Crippen LogP) is 1.99. The van der Waals surface area contributed by atoms with Crippen LogP contribution in [0.1, 0.15) is 31.0 Å². The van der Waals surface area contributed by atoms with Gasteiger partial charge in [-0.3, -0.25) is 4.79 Å². The van der Waals surface area contributed by atoms with Gasteiger partial charge in [0.1, 0.15) is 0 Å². The van der Waals surface area contributed by atoms with E-state index in [4.69, 9.17) is 0 Å². The molecule has 18 heavy (non-hydrogen) atoms. The predicted molar refractivity (Wildman–Crippen MR) is 74.4 cm³/mol. The largest absolute Gasteiger partial charge is 0.393 e. The highest BCUT2D eigenvalue weighted by Gasteiger charge is 2.08. The summed E-state index contributed by atoms with van der Waals surface area (Å²) >= 11 is 1.55. The topological polar surface area (TPSA) is 62.2 Å². The molecular weight excluding hydrogens is 248 g/mol. The Hall–Kier alpha value is -1.20. The Labute approximate surface area is 112 Å². The average Bonchev–Trinajstić information content (AvgIpc) is 2.72. The minimum absolute atomic E-state index is 0.156. The zero-order valence-electron chi connectivity index (χ0n) is 11.0. The number of aliphatic hydroxyl groups is 1. The highest BCUT2D eigenvalue weighted by molar-refractivity contribution is 7.09. The number of aromatic nitrogens is 1. The monoisotopic (exact) mass is 268 g/mol. The maximum Gasteiger partial charge on any atom is 0.244 e. The minimum atomic E-state index is -0.365. The van der Waals surface area contributed by atoms with Crippen molar-refractivity contribution >= 4 is 23.3 Å². The van der Waals surface area contributed by atoms with Gasteiger partial charge in [-0.25, -0.2) is 4.98 Å². The van der Waals surface area contributed by atoms with Gasteiger partial charge in [-0.1, -0.05) is 13.8 Å². The van der Waals surface area contributed by atoms with Crippen molar-refractivity contribution in [3.8, 4) is 0 Å². The lowest BCUT2D eigenvalue weighted by atomic mass is 10.0. The van der Waals surface area contributed by atoms with Crippen molar-refractivity contribution < 1.29 is 9.90 Å². The summed E-state index contributed by atoms with van der Waals surface area (Å²) in [6.45, 7) is 6.32. The van der Waals surface area contributed by atoms with Crippen LogP contribution in [-0.4, -0.2) is 28.6 Å². The number of nitrogens with one attached hydrogen (secondary N) is 1. The Morgan fingerprint density at radius 3 is 2.89 bits per heavy atom. The maximum absolute atomic E-state index is 11.5. The average molecular weight is 268 g/mol. The Bertz CT molecular complexity index is 413. The van der Waals surface area contributed by atoms with Crippen molar-refractivity contribution in [2.75, 3.05) is 6.54 Å². The zero-order valence-corrected chi connectivity index (χ0v) is 11.8. The number of carbonyl (C=O) groups excluding carboxylic acids is 1. The molecule has 5 heteroatoms. The Morgan fingerprint density at radius 2 is 2.33 bits per heavy atom. The van der Waals surface area contributed by atoms with Crippen LogP contribution in [0.25, 0.3) is 6.08 Å². The second-order valence-corrected chi connectivity index (χ2v) is 5.58. The van der Waals surface area contributed by atoms with Gasteiger partial charge >= 0.3 is 0 Å². The quantitative estimate of drug-likeness (QED) is 0.776. The van der Waals surface area contributed by atoms with E-state index < -0.39 is 0 Å². The van der Waals surface area contributed by atoms with Gasteiger partial charge < -0.3 is 10.4 Å². The summed E-state index contributed by atoms with van der Waals surface area (Å²) in [4.78, 5) is 15.7. The van der Waals surface area contributed by atoms with Crippen LogP contribution in [0.5, 0.6) is 0 Å². The smallest absolute Gasteiger partial charge is 0.244 e. The van der Waals surface area contributed by atoms with E-state index in [9.17, 15) is 9.90 Å². The Balaban J connectivity index is 2.27. The third kappa shape index (κ3) is 5.42. The van der Waals surface area contributed by atoms with Gasteiger partial charge in [-0.2, -0.15) is 0 Å². The van der Waals surface area contributed by atoms with Gasteiger partial charge in [-0.15, -0.1) is 11.3 Å². The number of thiazole rings is 1. The number of hydrogen-bond acceptors (Lipinski definition) is 4. The van der Waals surface area contributed by atoms with Crippen LogP contribution in [0, 0.1) is 12.8 Å². The SMILES string of the molecule is Cc1nc(C=CC(=O)NCCC(O)C(C)C)cs1. The molecule has 1 unspecified atom stereocenters. The van der Waals surface area contributed by atoms with Crippen molar-refractivity contribution in [3.05, 3.63) is 22.2 Å². The van der Waals surface area contributed by atoms with Crippen LogP contribution in [-0.2, 0) is 4.79 Å². The number of carbonyl (C=O) groups is 1. The van der Waals surface area contributed by atoms with Crippen LogP contribution in [0.15, 0.2) is 11.5 Å². The second-order valence-electron chi connectivity index (χ2n) is 4.52. The fourth-order valence-corrected chi connectivity index (χ4v) is 1.93. The van der Waals surface area contributed by atoms with Crippen LogP contribution in [0.3, 0.4) is 0 Å². The van der Waals surface area contributed by atoms with Crippen molar-refractivity contribution in [2.24, 2.45) is 5.92 Å². The summed E-state index contributed by atoms with van der Waals surface area (Å²) in [6, 6.07) is 0. The standard InChI is InChI=1S/C13H20N2O2S/c1-9(2)12(16)6-7-14-13(17)5-4-11-8-18-10(3)15-11/h4-5,8-9,12,16H,6-7H2,1-3H3,(H,14,17). The molecule has 1 aromatic rings. The molecule has 100 valence electrons. The van der Waals surface area contributed by atoms with Crippen molar-refractivity contribution in [3.63, 3.8) is 0 Å². The van der Waals surface area contributed by atoms with E-state index in [0.717, 1.165) is 10.7 Å². The molecular formula is C13H20N2O2S. The lowest BCUT2D eigenvalue weighted by Gasteiger charge is -2.13. The minimum Gasteiger partial charge on any atom is -0.393 e. The number of amides is 1. The molecule has 4 nitrogen and oxygen atoms in total. The van der Waals surface area contributed by atoms with Gasteiger partial charge in [-0.05, 0) is 25.3 Å². The summed E-state index contributed by atoms with van der Waals surface area (Å²) in [5.41, 5.74) is 0.801. The lowest BCUT2D eigenvalue weighted by Crippen LogP contribution is -2.27. The van der Waals surface area contributed by atoms with E-state index in [-0.39, 0.29) is 17.9 Å². The van der Waals surface area contributed by atoms with Crippen LogP contribution in [0.4, 0.5) is 0 Å². The number of hydrogen-bond donors (Lipinski definition) is 2. The van der Waals surface area contributed by atoms with E-state index in [1.54, 1.807) is 17.4 Å². The van der Waals surface area contributed by atoms with Gasteiger partial charge in [0.15, 0.2) is 0 Å². The fraction of sp³-hybridized carbons (Fsp3) is 0.538. The van der Waals surface area contributed by atoms with Gasteiger partial charge in [0, 0.05) is 18.0 Å². The molecule has 1 amide bonds. The van der Waals surface area contributed by atoms with E-state index in [0.29, 0.717) is 13.0 Å². The van der Waals surface area contributed by atoms with Gasteiger partial charge in [0.2, 0.25) is 5.91 Å². The molecule has 0 aliphatic carbocycles. The fourth-order valence-electron chi connectivity index (χ4n) is 1.35. The summed E-state index contributed by atoms with van der Waals surface area (Å²) in [7, 11) is 0. The molecule has 1 rings (SSSR count). The molecule has 1 aromatic heterocycles. The molecule has 0 aromatic carbocycles. The summed E-state index contributed by atoms with van der Waals surface area (Å²) in [5.74, 6) is 0.0621. The summed E-state index contributed by atoms with van der Waals surface area (Å²) in [5, 5.41) is 15.2. The number of aryl methyl sites for hydroxylation is 1.